The third-order valence-electron chi connectivity index (χ3n) is 4.26. The predicted octanol–water partition coefficient (Wildman–Crippen LogP) is 5.01. The molecule has 0 bridgehead atoms. The lowest BCUT2D eigenvalue weighted by Gasteiger charge is -2.21. The van der Waals surface area contributed by atoms with Gasteiger partial charge in [-0.05, 0) is 36.1 Å². The zero-order valence-corrected chi connectivity index (χ0v) is 16.1. The second-order valence-electron chi connectivity index (χ2n) is 6.06. The Morgan fingerprint density at radius 2 is 2.00 bits per heavy atom. The van der Waals surface area contributed by atoms with Crippen LogP contribution >= 0.6 is 24.0 Å². The number of carbonyl (C=O) groups is 1. The first kappa shape index (κ1) is 19.6. The summed E-state index contributed by atoms with van der Waals surface area (Å²) in [6.07, 6.45) is 6.18. The Morgan fingerprint density at radius 3 is 2.56 bits per heavy atom. The smallest absolute Gasteiger partial charge is 0.269 e. The number of carbonyl (C=O) groups excluding carboxylic acids is 1. The van der Waals surface area contributed by atoms with Crippen molar-refractivity contribution in [3.63, 3.8) is 0 Å². The Morgan fingerprint density at radius 1 is 1.32 bits per heavy atom. The summed E-state index contributed by atoms with van der Waals surface area (Å²) in [5.74, 6) is 0.393. The van der Waals surface area contributed by atoms with Gasteiger partial charge >= 0.3 is 0 Å². The van der Waals surface area contributed by atoms with E-state index in [2.05, 4.69) is 13.8 Å². The second kappa shape index (κ2) is 9.10. The van der Waals surface area contributed by atoms with Gasteiger partial charge in [-0.2, -0.15) is 0 Å². The van der Waals surface area contributed by atoms with Crippen LogP contribution in [0.15, 0.2) is 29.2 Å². The Balaban J connectivity index is 2.10. The average Bonchev–Trinajstić information content (AvgIpc) is 2.86. The number of hydrogen-bond donors (Lipinski definition) is 0. The van der Waals surface area contributed by atoms with Crippen molar-refractivity contribution in [2.75, 3.05) is 6.54 Å². The second-order valence-corrected chi connectivity index (χ2v) is 7.73. The quantitative estimate of drug-likeness (QED) is 0.275. The summed E-state index contributed by atoms with van der Waals surface area (Å²) in [6, 6.07) is 6.15. The van der Waals surface area contributed by atoms with Crippen molar-refractivity contribution in [1.29, 1.82) is 0 Å². The third kappa shape index (κ3) is 5.12. The number of thiocarbonyl (C=S) groups is 1. The zero-order valence-electron chi connectivity index (χ0n) is 14.4. The van der Waals surface area contributed by atoms with Gasteiger partial charge in [0.2, 0.25) is 0 Å². The van der Waals surface area contributed by atoms with Gasteiger partial charge in [-0.25, -0.2) is 0 Å². The zero-order chi connectivity index (χ0) is 18.4. The van der Waals surface area contributed by atoms with E-state index >= 15 is 0 Å². The molecule has 1 saturated heterocycles. The van der Waals surface area contributed by atoms with Gasteiger partial charge in [0, 0.05) is 18.7 Å². The number of unbranched alkanes of at least 4 members (excludes halogenated alkanes) is 1. The largest absolute Gasteiger partial charge is 0.293 e. The summed E-state index contributed by atoms with van der Waals surface area (Å²) in [5.41, 5.74) is 0.788. The lowest BCUT2D eigenvalue weighted by atomic mass is 9.99. The van der Waals surface area contributed by atoms with Crippen LogP contribution in [0.25, 0.3) is 6.08 Å². The van der Waals surface area contributed by atoms with Crippen molar-refractivity contribution in [3.8, 4) is 0 Å². The summed E-state index contributed by atoms with van der Waals surface area (Å²) in [7, 11) is 0. The Hall–Kier alpha value is -1.73. The number of amides is 1. The monoisotopic (exact) mass is 378 g/mol. The fraction of sp³-hybridized carbons (Fsp3) is 0.444. The van der Waals surface area contributed by atoms with Gasteiger partial charge in [0.15, 0.2) is 0 Å². The highest BCUT2D eigenvalue weighted by atomic mass is 32.2. The summed E-state index contributed by atoms with van der Waals surface area (Å²) < 4.78 is 0.591. The van der Waals surface area contributed by atoms with Gasteiger partial charge in [-0.1, -0.05) is 57.1 Å². The summed E-state index contributed by atoms with van der Waals surface area (Å²) in [5, 5.41) is 10.7. The molecule has 0 radical (unpaired) electrons. The molecule has 1 fully saturated rings. The van der Waals surface area contributed by atoms with Crippen LogP contribution in [0, 0.1) is 16.0 Å². The van der Waals surface area contributed by atoms with E-state index in [-0.39, 0.29) is 11.6 Å². The Kier molecular flexibility index (Phi) is 7.13. The summed E-state index contributed by atoms with van der Waals surface area (Å²) >= 11 is 6.68. The minimum atomic E-state index is -0.440. The van der Waals surface area contributed by atoms with E-state index in [1.54, 1.807) is 23.1 Å². The van der Waals surface area contributed by atoms with Crippen LogP contribution in [0.5, 0.6) is 0 Å². The van der Waals surface area contributed by atoms with E-state index in [1.807, 2.05) is 0 Å². The molecule has 1 amide bonds. The molecule has 1 aliphatic heterocycles. The number of rotatable bonds is 8. The minimum Gasteiger partial charge on any atom is -0.293 e. The van der Waals surface area contributed by atoms with Crippen LogP contribution in [0.2, 0.25) is 0 Å². The molecule has 1 aromatic carbocycles. The first-order chi connectivity index (χ1) is 12.0. The highest BCUT2D eigenvalue weighted by Crippen LogP contribution is 2.34. The maximum atomic E-state index is 12.7. The molecule has 2 rings (SSSR count). The van der Waals surface area contributed by atoms with Gasteiger partial charge in [-0.3, -0.25) is 19.8 Å². The van der Waals surface area contributed by atoms with Crippen molar-refractivity contribution >= 4 is 46.0 Å². The van der Waals surface area contributed by atoms with Crippen molar-refractivity contribution in [1.82, 2.24) is 4.90 Å². The molecule has 25 heavy (non-hydrogen) atoms. The third-order valence-corrected chi connectivity index (χ3v) is 5.64. The van der Waals surface area contributed by atoms with Crippen molar-refractivity contribution in [3.05, 3.63) is 44.8 Å². The molecule has 5 nitrogen and oxygen atoms in total. The lowest BCUT2D eigenvalue weighted by Crippen LogP contribution is -2.33. The van der Waals surface area contributed by atoms with E-state index in [0.717, 1.165) is 31.2 Å². The van der Waals surface area contributed by atoms with Gasteiger partial charge in [0.05, 0.1) is 9.83 Å². The standard InChI is InChI=1S/C18H22N2O3S2/c1-3-5-6-13(4-2)12-19-17(21)16(25-18(19)24)11-14-7-9-15(10-8-14)20(22)23/h7-11,13H,3-6,12H2,1-2H3. The molecule has 0 N–H and O–H groups in total. The van der Waals surface area contributed by atoms with Gasteiger partial charge in [0.1, 0.15) is 4.32 Å². The van der Waals surface area contributed by atoms with Gasteiger partial charge in [-0.15, -0.1) is 0 Å². The van der Waals surface area contributed by atoms with Crippen LogP contribution in [0.1, 0.15) is 45.1 Å². The molecule has 0 spiro atoms. The molecule has 1 unspecified atom stereocenters. The van der Waals surface area contributed by atoms with E-state index in [0.29, 0.717) is 21.7 Å². The number of non-ortho nitro benzene ring substituents is 1. The molecule has 0 saturated carbocycles. The lowest BCUT2D eigenvalue weighted by molar-refractivity contribution is -0.384. The highest BCUT2D eigenvalue weighted by Gasteiger charge is 2.33. The Labute approximate surface area is 157 Å². The first-order valence-corrected chi connectivity index (χ1v) is 9.68. The predicted molar refractivity (Wildman–Crippen MR) is 106 cm³/mol. The normalized spacial score (nSPS) is 17.4. The molecule has 0 aromatic heterocycles. The van der Waals surface area contributed by atoms with Crippen LogP contribution in [0.3, 0.4) is 0 Å². The minimum absolute atomic E-state index is 0.0337. The summed E-state index contributed by atoms with van der Waals surface area (Å²) in [4.78, 5) is 25.2. The molecule has 1 heterocycles. The maximum Gasteiger partial charge on any atom is 0.269 e. The molecule has 1 aliphatic rings. The number of nitro benzene ring substituents is 1. The van der Waals surface area contributed by atoms with Crippen molar-refractivity contribution in [2.45, 2.75) is 39.5 Å². The van der Waals surface area contributed by atoms with E-state index < -0.39 is 4.92 Å². The van der Waals surface area contributed by atoms with Crippen LogP contribution in [0.4, 0.5) is 5.69 Å². The van der Waals surface area contributed by atoms with Crippen molar-refractivity contribution < 1.29 is 9.72 Å². The molecule has 1 atom stereocenters. The molecular formula is C18H22N2O3S2. The van der Waals surface area contributed by atoms with Crippen molar-refractivity contribution in [2.24, 2.45) is 5.92 Å². The average molecular weight is 379 g/mol. The van der Waals surface area contributed by atoms with Crippen LogP contribution < -0.4 is 0 Å². The van der Waals surface area contributed by atoms with Crippen LogP contribution in [-0.2, 0) is 4.79 Å². The number of nitrogens with zero attached hydrogens (tertiary/aromatic N) is 2. The molecule has 134 valence electrons. The Bertz CT molecular complexity index is 686. The topological polar surface area (TPSA) is 63.5 Å². The first-order valence-electron chi connectivity index (χ1n) is 8.46. The highest BCUT2D eigenvalue weighted by molar-refractivity contribution is 8.26. The SMILES string of the molecule is CCCCC(CC)CN1C(=O)C(=Cc2ccc([N+](=O)[O-])cc2)SC1=S. The molecule has 0 aliphatic carbocycles. The molecular weight excluding hydrogens is 356 g/mol. The van der Waals surface area contributed by atoms with Gasteiger partial charge in [0.25, 0.3) is 11.6 Å². The molecule has 1 aromatic rings. The van der Waals surface area contributed by atoms with E-state index in [1.165, 1.54) is 23.9 Å². The van der Waals surface area contributed by atoms with E-state index in [9.17, 15) is 14.9 Å². The van der Waals surface area contributed by atoms with Gasteiger partial charge < -0.3 is 0 Å². The maximum absolute atomic E-state index is 12.7. The fourth-order valence-electron chi connectivity index (χ4n) is 2.68. The van der Waals surface area contributed by atoms with Crippen LogP contribution in [-0.4, -0.2) is 26.6 Å². The molecule has 7 heteroatoms. The fourth-order valence-corrected chi connectivity index (χ4v) is 3.95. The van der Waals surface area contributed by atoms with E-state index in [4.69, 9.17) is 12.2 Å². The number of nitro groups is 1. The summed E-state index contributed by atoms with van der Waals surface area (Å²) in [6.45, 7) is 4.97. The number of benzene rings is 1. The number of hydrogen-bond acceptors (Lipinski definition) is 5. The number of thioether (sulfide) groups is 1.